The molecule has 1 atom stereocenters. The molecule has 1 amide bonds. The Kier molecular flexibility index (Phi) is 3.24. The molecule has 1 fully saturated rings. The molecule has 16 heavy (non-hydrogen) atoms. The first kappa shape index (κ1) is 11.1. The number of carbonyl (C=O) groups is 1. The third kappa shape index (κ3) is 2.09. The van der Waals surface area contributed by atoms with E-state index < -0.39 is 0 Å². The summed E-state index contributed by atoms with van der Waals surface area (Å²) in [6, 6.07) is 1.88. The van der Waals surface area contributed by atoms with Gasteiger partial charge in [-0.05, 0) is 26.0 Å². The summed E-state index contributed by atoms with van der Waals surface area (Å²) in [7, 11) is 1.79. The number of H-pyrrole nitrogens is 1. The van der Waals surface area contributed by atoms with Crippen LogP contribution >= 0.6 is 0 Å². The van der Waals surface area contributed by atoms with Crippen LogP contribution in [0.2, 0.25) is 0 Å². The summed E-state index contributed by atoms with van der Waals surface area (Å²) in [5, 5.41) is 10.4. The highest BCUT2D eigenvalue weighted by atomic mass is 16.2. The molecule has 1 aliphatic rings. The van der Waals surface area contributed by atoms with Crippen LogP contribution in [0.3, 0.4) is 0 Å². The Balaban J connectivity index is 2.09. The molecule has 1 unspecified atom stereocenters. The number of aromatic amines is 1. The van der Waals surface area contributed by atoms with Crippen molar-refractivity contribution in [3.63, 3.8) is 0 Å². The second kappa shape index (κ2) is 4.65. The molecule has 1 aromatic heterocycles. The summed E-state index contributed by atoms with van der Waals surface area (Å²) in [5.41, 5.74) is 1.59. The lowest BCUT2D eigenvalue weighted by Gasteiger charge is -2.11. The number of rotatable bonds is 3. The predicted octanol–water partition coefficient (Wildman–Crippen LogP) is 0.578. The number of hydrogen-bond donors (Lipinski definition) is 2. The van der Waals surface area contributed by atoms with Crippen LogP contribution in [0.15, 0.2) is 6.07 Å². The minimum Gasteiger partial charge on any atom is -0.341 e. The topological polar surface area (TPSA) is 61.0 Å². The lowest BCUT2D eigenvalue weighted by molar-refractivity contribution is 0.0796. The molecule has 2 N–H and O–H groups in total. The Morgan fingerprint density at radius 2 is 2.50 bits per heavy atom. The number of nitrogens with one attached hydrogen (secondary N) is 2. The average Bonchev–Trinajstić information content (AvgIpc) is 2.96. The summed E-state index contributed by atoms with van der Waals surface area (Å²) in [6.07, 6.45) is 1.11. The summed E-state index contributed by atoms with van der Waals surface area (Å²) in [4.78, 5) is 13.5. The van der Waals surface area contributed by atoms with E-state index in [-0.39, 0.29) is 5.91 Å². The van der Waals surface area contributed by atoms with Gasteiger partial charge in [0, 0.05) is 31.7 Å². The van der Waals surface area contributed by atoms with Crippen LogP contribution in [0.25, 0.3) is 0 Å². The van der Waals surface area contributed by atoms with Gasteiger partial charge in [0.2, 0.25) is 0 Å². The fourth-order valence-corrected chi connectivity index (χ4v) is 1.91. The molecule has 1 saturated heterocycles. The van der Waals surface area contributed by atoms with E-state index in [0.717, 1.165) is 25.2 Å². The molecule has 0 spiro atoms. The van der Waals surface area contributed by atoms with Gasteiger partial charge < -0.3 is 10.2 Å². The molecule has 0 aromatic carbocycles. The first-order chi connectivity index (χ1) is 7.72. The largest absolute Gasteiger partial charge is 0.341 e. The average molecular weight is 222 g/mol. The minimum atomic E-state index is -0.0176. The maximum absolute atomic E-state index is 11.8. The normalized spacial score (nSPS) is 20.0. The Hall–Kier alpha value is -1.36. The molecule has 1 aliphatic heterocycles. The monoisotopic (exact) mass is 222 g/mol. The van der Waals surface area contributed by atoms with Crippen molar-refractivity contribution in [3.05, 3.63) is 17.5 Å². The van der Waals surface area contributed by atoms with Gasteiger partial charge in [0.05, 0.1) is 0 Å². The Morgan fingerprint density at radius 3 is 3.12 bits per heavy atom. The van der Waals surface area contributed by atoms with Crippen LogP contribution < -0.4 is 5.32 Å². The van der Waals surface area contributed by atoms with E-state index in [2.05, 4.69) is 15.5 Å². The number of nitrogens with zero attached hydrogens (tertiary/aromatic N) is 2. The zero-order chi connectivity index (χ0) is 11.5. The second-order valence-electron chi connectivity index (χ2n) is 4.22. The highest BCUT2D eigenvalue weighted by molar-refractivity contribution is 5.92. The van der Waals surface area contributed by atoms with Gasteiger partial charge in [-0.1, -0.05) is 0 Å². The zero-order valence-corrected chi connectivity index (χ0v) is 9.79. The Morgan fingerprint density at radius 1 is 1.69 bits per heavy atom. The van der Waals surface area contributed by atoms with Crippen LogP contribution in [0, 0.1) is 0 Å². The van der Waals surface area contributed by atoms with E-state index in [1.165, 1.54) is 0 Å². The van der Waals surface area contributed by atoms with Gasteiger partial charge in [-0.2, -0.15) is 5.10 Å². The van der Waals surface area contributed by atoms with Crippen molar-refractivity contribution in [1.29, 1.82) is 0 Å². The summed E-state index contributed by atoms with van der Waals surface area (Å²) in [6.45, 7) is 4.67. The van der Waals surface area contributed by atoms with Gasteiger partial charge in [0.1, 0.15) is 5.69 Å². The zero-order valence-electron chi connectivity index (χ0n) is 9.79. The lowest BCUT2D eigenvalue weighted by Crippen LogP contribution is -2.26. The van der Waals surface area contributed by atoms with Gasteiger partial charge in [0.25, 0.3) is 5.91 Å². The second-order valence-corrected chi connectivity index (χ2v) is 4.22. The summed E-state index contributed by atoms with van der Waals surface area (Å²) < 4.78 is 0. The third-order valence-electron chi connectivity index (χ3n) is 3.14. The Bertz CT molecular complexity index is 368. The van der Waals surface area contributed by atoms with Crippen molar-refractivity contribution in [2.45, 2.75) is 19.3 Å². The van der Waals surface area contributed by atoms with Crippen LogP contribution in [-0.4, -0.2) is 47.7 Å². The number of carbonyl (C=O) groups excluding carboxylic acids is 1. The quantitative estimate of drug-likeness (QED) is 0.786. The molecule has 0 radical (unpaired) electrons. The highest BCUT2D eigenvalue weighted by Crippen LogP contribution is 2.20. The van der Waals surface area contributed by atoms with E-state index >= 15 is 0 Å². The highest BCUT2D eigenvalue weighted by Gasteiger charge is 2.21. The molecular formula is C11H18N4O. The van der Waals surface area contributed by atoms with Crippen molar-refractivity contribution < 1.29 is 4.79 Å². The smallest absolute Gasteiger partial charge is 0.274 e. The number of amides is 1. The summed E-state index contributed by atoms with van der Waals surface area (Å²) in [5.74, 6) is 0.455. The van der Waals surface area contributed by atoms with Crippen LogP contribution in [0.4, 0.5) is 0 Å². The van der Waals surface area contributed by atoms with Gasteiger partial charge >= 0.3 is 0 Å². The lowest BCUT2D eigenvalue weighted by atomic mass is 10.1. The van der Waals surface area contributed by atoms with Gasteiger partial charge in [0.15, 0.2) is 0 Å². The molecule has 2 rings (SSSR count). The van der Waals surface area contributed by atoms with Gasteiger partial charge in [-0.3, -0.25) is 9.89 Å². The fraction of sp³-hybridized carbons (Fsp3) is 0.636. The summed E-state index contributed by atoms with van der Waals surface area (Å²) >= 11 is 0. The van der Waals surface area contributed by atoms with Crippen molar-refractivity contribution in [3.8, 4) is 0 Å². The molecule has 88 valence electrons. The van der Waals surface area contributed by atoms with Crippen molar-refractivity contribution in [2.24, 2.45) is 0 Å². The third-order valence-corrected chi connectivity index (χ3v) is 3.14. The fourth-order valence-electron chi connectivity index (χ4n) is 1.91. The van der Waals surface area contributed by atoms with E-state index in [1.807, 2.05) is 13.0 Å². The Labute approximate surface area is 95.2 Å². The van der Waals surface area contributed by atoms with Crippen LogP contribution in [-0.2, 0) is 0 Å². The van der Waals surface area contributed by atoms with Gasteiger partial charge in [-0.25, -0.2) is 0 Å². The van der Waals surface area contributed by atoms with Crippen LogP contribution in [0.5, 0.6) is 0 Å². The number of hydrogen-bond acceptors (Lipinski definition) is 3. The molecule has 1 aromatic rings. The van der Waals surface area contributed by atoms with Crippen molar-refractivity contribution >= 4 is 5.91 Å². The van der Waals surface area contributed by atoms with Crippen molar-refractivity contribution in [2.75, 3.05) is 26.7 Å². The van der Waals surface area contributed by atoms with Crippen LogP contribution in [0.1, 0.15) is 35.4 Å². The maximum Gasteiger partial charge on any atom is 0.274 e. The molecule has 5 nitrogen and oxygen atoms in total. The molecular weight excluding hydrogens is 204 g/mol. The maximum atomic E-state index is 11.8. The van der Waals surface area contributed by atoms with E-state index in [0.29, 0.717) is 18.2 Å². The molecule has 0 aliphatic carbocycles. The molecule has 2 heterocycles. The molecule has 0 bridgehead atoms. The standard InChI is InChI=1S/C11H18N4O/c1-3-15(2)11(16)10-6-9(13-14-10)8-4-5-12-7-8/h6,8,12H,3-5,7H2,1-2H3,(H,13,14). The first-order valence-electron chi connectivity index (χ1n) is 5.74. The van der Waals surface area contributed by atoms with E-state index in [1.54, 1.807) is 11.9 Å². The van der Waals surface area contributed by atoms with E-state index in [9.17, 15) is 4.79 Å². The predicted molar refractivity (Wildman–Crippen MR) is 61.4 cm³/mol. The number of aromatic nitrogens is 2. The first-order valence-corrected chi connectivity index (χ1v) is 5.74. The van der Waals surface area contributed by atoms with Crippen molar-refractivity contribution in [1.82, 2.24) is 20.4 Å². The van der Waals surface area contributed by atoms with E-state index in [4.69, 9.17) is 0 Å². The minimum absolute atomic E-state index is 0.0176. The molecule has 0 saturated carbocycles. The molecule has 5 heteroatoms. The van der Waals surface area contributed by atoms with Gasteiger partial charge in [-0.15, -0.1) is 0 Å². The SMILES string of the molecule is CCN(C)C(=O)c1cc(C2CCNC2)[nH]n1.